The summed E-state index contributed by atoms with van der Waals surface area (Å²) in [6.45, 7) is 1.01. The van der Waals surface area contributed by atoms with Crippen LogP contribution in [0, 0.1) is 0 Å². The number of carbonyl (C=O) groups excluding carboxylic acids is 2. The topological polar surface area (TPSA) is 157 Å². The fourth-order valence-electron chi connectivity index (χ4n) is 6.94. The number of methoxy groups -OCH3 is 1. The van der Waals surface area contributed by atoms with E-state index in [9.17, 15) is 14.4 Å². The molecule has 0 amide bonds. The molecule has 0 saturated heterocycles. The minimum atomic E-state index is -1.45. The number of nitrogens with zero attached hydrogens (tertiary/aromatic N) is 4. The van der Waals surface area contributed by atoms with Gasteiger partial charge in [0, 0.05) is 12.1 Å². The van der Waals surface area contributed by atoms with E-state index in [0.717, 1.165) is 11.1 Å². The first-order valence-electron chi connectivity index (χ1n) is 20.4. The van der Waals surface area contributed by atoms with Gasteiger partial charge in [0.15, 0.2) is 11.5 Å². The van der Waals surface area contributed by atoms with Crippen molar-refractivity contribution in [2.24, 2.45) is 0 Å². The van der Waals surface area contributed by atoms with Gasteiger partial charge in [0.25, 0.3) is 12.0 Å². The maximum Gasteiger partial charge on any atom is 0.311 e. The first-order valence-corrected chi connectivity index (χ1v) is 20.4. The fraction of sp³-hybridized carbons (Fsp3) is 0.250. The molecule has 6 aromatic rings. The zero-order chi connectivity index (χ0) is 43.1. The molecule has 1 aliphatic heterocycles. The smallest absolute Gasteiger partial charge is 0.311 e. The molecule has 0 spiro atoms. The third-order valence-corrected chi connectivity index (χ3v) is 9.92. The second-order valence-corrected chi connectivity index (χ2v) is 14.2. The molecular weight excluding hydrogens is 791 g/mol. The molecule has 2 heterocycles. The van der Waals surface area contributed by atoms with Gasteiger partial charge in [-0.15, -0.1) is 0 Å². The molecule has 62 heavy (non-hydrogen) atoms. The lowest BCUT2D eigenvalue weighted by atomic mass is 10.1. The summed E-state index contributed by atoms with van der Waals surface area (Å²) in [7, 11) is 1.58. The van der Waals surface area contributed by atoms with Crippen molar-refractivity contribution in [2.45, 2.75) is 45.1 Å². The third-order valence-electron chi connectivity index (χ3n) is 9.92. The number of para-hydroxylation sites is 2. The first kappa shape index (κ1) is 43.1. The van der Waals surface area contributed by atoms with Crippen LogP contribution < -0.4 is 25.8 Å². The number of esters is 2. The van der Waals surface area contributed by atoms with Crippen LogP contribution >= 0.6 is 0 Å². The molecule has 2 N–H and O–H groups in total. The van der Waals surface area contributed by atoms with Crippen molar-refractivity contribution >= 4 is 35.1 Å². The molecule has 0 saturated carbocycles. The zero-order valence-corrected chi connectivity index (χ0v) is 34.4. The monoisotopic (exact) mass is 839 g/mol. The van der Waals surface area contributed by atoms with Crippen LogP contribution in [0.3, 0.4) is 0 Å². The summed E-state index contributed by atoms with van der Waals surface area (Å²) in [6, 6.07) is 45.0. The van der Waals surface area contributed by atoms with Gasteiger partial charge >= 0.3 is 11.9 Å². The van der Waals surface area contributed by atoms with Crippen molar-refractivity contribution in [1.82, 2.24) is 9.55 Å². The second kappa shape index (κ2) is 21.5. The third kappa shape index (κ3) is 10.8. The number of nitrogens with two attached hydrogens (primary N) is 1. The van der Waals surface area contributed by atoms with E-state index in [-0.39, 0.29) is 63.1 Å². The number of rotatable bonds is 21. The van der Waals surface area contributed by atoms with E-state index in [1.165, 1.54) is 4.57 Å². The molecule has 1 aromatic heterocycles. The van der Waals surface area contributed by atoms with E-state index in [2.05, 4.69) is 0 Å². The predicted molar refractivity (Wildman–Crippen MR) is 234 cm³/mol. The second-order valence-electron chi connectivity index (χ2n) is 14.2. The van der Waals surface area contributed by atoms with Crippen molar-refractivity contribution in [1.29, 1.82) is 0 Å². The van der Waals surface area contributed by atoms with Crippen LogP contribution in [0.1, 0.15) is 42.1 Å². The molecule has 0 aliphatic carbocycles. The van der Waals surface area contributed by atoms with Gasteiger partial charge in [-0.05, 0) is 53.1 Å². The number of fused-ring (bicyclic) bond motifs is 1. The Morgan fingerprint density at radius 3 is 1.81 bits per heavy atom. The van der Waals surface area contributed by atoms with Gasteiger partial charge in [0.1, 0.15) is 11.9 Å². The number of hydrogen-bond acceptors (Lipinski definition) is 13. The van der Waals surface area contributed by atoms with Gasteiger partial charge in [-0.2, -0.15) is 4.98 Å². The molecule has 320 valence electrons. The van der Waals surface area contributed by atoms with Crippen molar-refractivity contribution < 1.29 is 38.0 Å². The van der Waals surface area contributed by atoms with Crippen LogP contribution in [0.5, 0.6) is 5.75 Å². The first-order chi connectivity index (χ1) is 30.4. The van der Waals surface area contributed by atoms with Crippen molar-refractivity contribution in [2.75, 3.05) is 49.1 Å². The Morgan fingerprint density at radius 2 is 1.23 bits per heavy atom. The van der Waals surface area contributed by atoms with Crippen LogP contribution in [0.15, 0.2) is 150 Å². The van der Waals surface area contributed by atoms with Crippen LogP contribution in [0.25, 0.3) is 5.69 Å². The lowest BCUT2D eigenvalue weighted by molar-refractivity contribution is -0.181. The number of aromatic nitrogens is 2. The van der Waals surface area contributed by atoms with E-state index in [1.54, 1.807) is 48.4 Å². The fourth-order valence-corrected chi connectivity index (χ4v) is 6.94. The molecule has 0 fully saturated rings. The normalized spacial score (nSPS) is 13.7. The molecule has 0 radical (unpaired) electrons. The Hall–Kier alpha value is -7.00. The van der Waals surface area contributed by atoms with Gasteiger partial charge in [-0.25, -0.2) is 4.57 Å². The van der Waals surface area contributed by atoms with E-state index >= 15 is 0 Å². The molecule has 14 nitrogen and oxygen atoms in total. The minimum Gasteiger partial charge on any atom is -0.497 e. The number of benzene rings is 5. The summed E-state index contributed by atoms with van der Waals surface area (Å²) in [5.41, 5.74) is 10.2. The largest absolute Gasteiger partial charge is 0.497 e. The predicted octanol–water partition coefficient (Wildman–Crippen LogP) is 7.47. The summed E-state index contributed by atoms with van der Waals surface area (Å²) >= 11 is 0. The van der Waals surface area contributed by atoms with Crippen LogP contribution in [0.4, 0.5) is 23.1 Å². The quantitative estimate of drug-likeness (QED) is 0.0433. The molecular formula is C48H49N5O9. The highest BCUT2D eigenvalue weighted by Crippen LogP contribution is 2.49. The number of carbonyl (C=O) groups is 2. The molecule has 2 unspecified atom stereocenters. The van der Waals surface area contributed by atoms with Gasteiger partial charge < -0.3 is 39.1 Å². The molecule has 0 bridgehead atoms. The standard InChI is InChI=1S/C48H49N5O9/c1-57-40-25-23-37(24-26-40)45-51(38-19-10-4-11-20-38)43-44(50-47(49)52(46(43)56)39-21-12-5-13-22-39)53(45)48(62-42(55)28-32-59-34-36-17-8-3-9-18-36)61-30-14-29-60-41(54)27-31-58-33-35-15-6-2-7-16-35/h2-13,15-26,45,48H,14,27-34H2,1H3,(H2,49,50). The number of nitrogen functional groups attached to an aromatic ring is 1. The summed E-state index contributed by atoms with van der Waals surface area (Å²) in [5, 5.41) is 0. The highest BCUT2D eigenvalue weighted by Gasteiger charge is 2.47. The lowest BCUT2D eigenvalue weighted by Crippen LogP contribution is -2.45. The minimum absolute atomic E-state index is 0.0106. The summed E-state index contributed by atoms with van der Waals surface area (Å²) in [5.74, 6) is -0.388. The maximum absolute atomic E-state index is 14.9. The summed E-state index contributed by atoms with van der Waals surface area (Å²) in [4.78, 5) is 49.5. The summed E-state index contributed by atoms with van der Waals surface area (Å²) in [6.07, 6.45) is -2.07. The van der Waals surface area contributed by atoms with E-state index in [1.807, 2.05) is 114 Å². The highest BCUT2D eigenvalue weighted by molar-refractivity contribution is 5.83. The average molecular weight is 840 g/mol. The van der Waals surface area contributed by atoms with Crippen molar-refractivity contribution in [3.8, 4) is 11.4 Å². The Kier molecular flexibility index (Phi) is 14.9. The zero-order valence-electron chi connectivity index (χ0n) is 34.4. The van der Waals surface area contributed by atoms with Gasteiger partial charge in [0.2, 0.25) is 5.95 Å². The number of hydrogen-bond donors (Lipinski definition) is 1. The van der Waals surface area contributed by atoms with Crippen LogP contribution in [0.2, 0.25) is 0 Å². The average Bonchev–Trinajstić information content (AvgIpc) is 3.65. The molecule has 1 aliphatic rings. The SMILES string of the molecule is COc1ccc(C2N(c3ccccc3)c3c(nc(N)n(-c4ccccc4)c3=O)N2C(OCCCOC(=O)CCOCc2ccccc2)OC(=O)CCOCc2ccccc2)cc1. The van der Waals surface area contributed by atoms with Gasteiger partial charge in [0.05, 0.1) is 65.3 Å². The number of anilines is 4. The molecule has 7 rings (SSSR count). The Bertz CT molecular complexity index is 2400. The Morgan fingerprint density at radius 1 is 0.677 bits per heavy atom. The molecule has 2 atom stereocenters. The van der Waals surface area contributed by atoms with Gasteiger partial charge in [-0.3, -0.25) is 19.3 Å². The van der Waals surface area contributed by atoms with Gasteiger partial charge in [-0.1, -0.05) is 109 Å². The Balaban J connectivity index is 1.17. The number of ether oxygens (including phenoxy) is 6. The highest BCUT2D eigenvalue weighted by atomic mass is 16.7. The Labute approximate surface area is 359 Å². The maximum atomic E-state index is 14.9. The molecule has 5 aromatic carbocycles. The van der Waals surface area contributed by atoms with E-state index < -0.39 is 30.1 Å². The van der Waals surface area contributed by atoms with Crippen LogP contribution in [-0.2, 0) is 46.5 Å². The van der Waals surface area contributed by atoms with Crippen molar-refractivity contribution in [3.05, 3.63) is 173 Å². The molecule has 14 heteroatoms. The van der Waals surface area contributed by atoms with Crippen molar-refractivity contribution in [3.63, 3.8) is 0 Å². The van der Waals surface area contributed by atoms with Crippen LogP contribution in [-0.4, -0.2) is 61.4 Å². The van der Waals surface area contributed by atoms with E-state index in [0.29, 0.717) is 35.9 Å². The summed E-state index contributed by atoms with van der Waals surface area (Å²) < 4.78 is 36.4. The van der Waals surface area contributed by atoms with E-state index in [4.69, 9.17) is 39.1 Å². The lowest BCUT2D eigenvalue weighted by Gasteiger charge is -2.36.